The Morgan fingerprint density at radius 2 is 1.96 bits per heavy atom. The van der Waals surface area contributed by atoms with Crippen molar-refractivity contribution >= 4 is 49.9 Å². The molecule has 1 aromatic heterocycles. The van der Waals surface area contributed by atoms with Gasteiger partial charge < -0.3 is 5.32 Å². The van der Waals surface area contributed by atoms with E-state index < -0.39 is 10.0 Å². The van der Waals surface area contributed by atoms with Crippen LogP contribution in [0, 0.1) is 5.92 Å². The highest BCUT2D eigenvalue weighted by molar-refractivity contribution is 7.89. The van der Waals surface area contributed by atoms with E-state index in [4.69, 9.17) is 23.2 Å². The predicted molar refractivity (Wildman–Crippen MR) is 94.8 cm³/mol. The standard InChI is InChI=1S/C15H17Cl2N3O2S/c1-2-23(21,22)20-8-10(9-20)7-18-13-6-4-11-3-5-12(16)14(17)15(11)19-13/h3-6,10H,2,7-9H2,1H3,(H,18,19). The van der Waals surface area contributed by atoms with Gasteiger partial charge in [0, 0.05) is 30.9 Å². The minimum absolute atomic E-state index is 0.151. The third-order valence-corrected chi connectivity index (χ3v) is 6.62. The highest BCUT2D eigenvalue weighted by atomic mass is 35.5. The summed E-state index contributed by atoms with van der Waals surface area (Å²) >= 11 is 12.2. The van der Waals surface area contributed by atoms with Crippen molar-refractivity contribution in [2.75, 3.05) is 30.7 Å². The summed E-state index contributed by atoms with van der Waals surface area (Å²) in [7, 11) is -3.06. The second-order valence-corrected chi connectivity index (χ2v) is 8.64. The van der Waals surface area contributed by atoms with Crippen LogP contribution in [0.2, 0.25) is 10.0 Å². The van der Waals surface area contributed by atoms with Crippen molar-refractivity contribution in [3.05, 3.63) is 34.3 Å². The molecule has 0 bridgehead atoms. The number of anilines is 1. The van der Waals surface area contributed by atoms with E-state index in [1.54, 1.807) is 13.0 Å². The van der Waals surface area contributed by atoms with Crippen LogP contribution in [0.5, 0.6) is 0 Å². The van der Waals surface area contributed by atoms with Gasteiger partial charge in [-0.25, -0.2) is 17.7 Å². The molecule has 0 radical (unpaired) electrons. The van der Waals surface area contributed by atoms with E-state index in [2.05, 4.69) is 10.3 Å². The summed E-state index contributed by atoms with van der Waals surface area (Å²) in [6.07, 6.45) is 0. The van der Waals surface area contributed by atoms with Crippen molar-refractivity contribution in [3.63, 3.8) is 0 Å². The molecule has 0 atom stereocenters. The first-order chi connectivity index (χ1) is 10.9. The molecule has 0 aliphatic carbocycles. The number of halogens is 2. The normalized spacial score (nSPS) is 16.5. The molecular formula is C15H17Cl2N3O2S. The number of sulfonamides is 1. The number of benzene rings is 1. The van der Waals surface area contributed by atoms with Crippen molar-refractivity contribution in [2.24, 2.45) is 5.92 Å². The highest BCUT2D eigenvalue weighted by Crippen LogP contribution is 2.30. The second kappa shape index (κ2) is 6.43. The number of hydrogen-bond donors (Lipinski definition) is 1. The monoisotopic (exact) mass is 373 g/mol. The second-order valence-electron chi connectivity index (χ2n) is 5.59. The van der Waals surface area contributed by atoms with Crippen LogP contribution in [0.25, 0.3) is 10.9 Å². The molecule has 5 nitrogen and oxygen atoms in total. The predicted octanol–water partition coefficient (Wildman–Crippen LogP) is 3.24. The Hall–Kier alpha value is -1.08. The number of nitrogens with zero attached hydrogens (tertiary/aromatic N) is 2. The van der Waals surface area contributed by atoms with Crippen LogP contribution in [0.4, 0.5) is 5.82 Å². The lowest BCUT2D eigenvalue weighted by molar-refractivity contribution is 0.212. The van der Waals surface area contributed by atoms with E-state index in [1.807, 2.05) is 18.2 Å². The van der Waals surface area contributed by atoms with E-state index >= 15 is 0 Å². The maximum Gasteiger partial charge on any atom is 0.213 e. The molecule has 1 aliphatic rings. The molecule has 2 heterocycles. The van der Waals surface area contributed by atoms with Crippen molar-refractivity contribution in [1.82, 2.24) is 9.29 Å². The third-order valence-electron chi connectivity index (χ3n) is 4.01. The maximum absolute atomic E-state index is 11.7. The van der Waals surface area contributed by atoms with Crippen LogP contribution < -0.4 is 5.32 Å². The summed E-state index contributed by atoms with van der Waals surface area (Å²) in [4.78, 5) is 4.49. The summed E-state index contributed by atoms with van der Waals surface area (Å²) in [5.74, 6) is 1.15. The molecule has 23 heavy (non-hydrogen) atoms. The molecule has 0 saturated carbocycles. The molecule has 2 aromatic rings. The zero-order valence-electron chi connectivity index (χ0n) is 12.6. The van der Waals surface area contributed by atoms with E-state index in [0.29, 0.717) is 46.9 Å². The van der Waals surface area contributed by atoms with Crippen molar-refractivity contribution < 1.29 is 8.42 Å². The Morgan fingerprint density at radius 3 is 2.65 bits per heavy atom. The van der Waals surface area contributed by atoms with Crippen molar-refractivity contribution in [1.29, 1.82) is 0 Å². The Bertz CT molecular complexity index is 836. The number of nitrogens with one attached hydrogen (secondary N) is 1. The topological polar surface area (TPSA) is 62.3 Å². The van der Waals surface area contributed by atoms with Gasteiger partial charge in [-0.1, -0.05) is 29.3 Å². The molecule has 1 N–H and O–H groups in total. The number of hydrogen-bond acceptors (Lipinski definition) is 4. The molecule has 0 amide bonds. The average Bonchev–Trinajstić information content (AvgIpc) is 2.49. The summed E-state index contributed by atoms with van der Waals surface area (Å²) in [6.45, 7) is 3.45. The molecule has 1 fully saturated rings. The first-order valence-corrected chi connectivity index (χ1v) is 9.73. The fraction of sp³-hybridized carbons (Fsp3) is 0.400. The van der Waals surface area contributed by atoms with Gasteiger partial charge >= 0.3 is 0 Å². The Morgan fingerprint density at radius 1 is 1.26 bits per heavy atom. The molecule has 0 spiro atoms. The minimum Gasteiger partial charge on any atom is -0.370 e. The summed E-state index contributed by atoms with van der Waals surface area (Å²) in [6, 6.07) is 7.44. The highest BCUT2D eigenvalue weighted by Gasteiger charge is 2.34. The zero-order valence-corrected chi connectivity index (χ0v) is 14.9. The first-order valence-electron chi connectivity index (χ1n) is 7.37. The lowest BCUT2D eigenvalue weighted by Gasteiger charge is -2.38. The lowest BCUT2D eigenvalue weighted by atomic mass is 10.0. The van der Waals surface area contributed by atoms with Crippen LogP contribution in [0.1, 0.15) is 6.92 Å². The molecule has 124 valence electrons. The largest absolute Gasteiger partial charge is 0.370 e. The van der Waals surface area contributed by atoms with Crippen molar-refractivity contribution in [3.8, 4) is 0 Å². The van der Waals surface area contributed by atoms with E-state index in [-0.39, 0.29) is 5.75 Å². The van der Waals surface area contributed by atoms with Gasteiger partial charge in [0.25, 0.3) is 0 Å². The Balaban J connectivity index is 1.64. The molecule has 0 unspecified atom stereocenters. The lowest BCUT2D eigenvalue weighted by Crippen LogP contribution is -2.52. The Labute approximate surface area is 145 Å². The summed E-state index contributed by atoms with van der Waals surface area (Å²) in [5.41, 5.74) is 0.660. The summed E-state index contributed by atoms with van der Waals surface area (Å²) in [5, 5.41) is 5.08. The number of aromatic nitrogens is 1. The quantitative estimate of drug-likeness (QED) is 0.873. The molecule has 1 aromatic carbocycles. The van der Waals surface area contributed by atoms with Gasteiger partial charge in [-0.15, -0.1) is 0 Å². The van der Waals surface area contributed by atoms with Crippen LogP contribution in [0.3, 0.4) is 0 Å². The molecule has 8 heteroatoms. The van der Waals surface area contributed by atoms with Crippen LogP contribution in [-0.2, 0) is 10.0 Å². The molecular weight excluding hydrogens is 357 g/mol. The van der Waals surface area contributed by atoms with Crippen LogP contribution >= 0.6 is 23.2 Å². The first kappa shape index (κ1) is 16.8. The molecule has 1 aliphatic heterocycles. The van der Waals surface area contributed by atoms with Crippen LogP contribution in [-0.4, -0.2) is 43.1 Å². The van der Waals surface area contributed by atoms with E-state index in [0.717, 1.165) is 5.39 Å². The zero-order chi connectivity index (χ0) is 16.6. The smallest absolute Gasteiger partial charge is 0.213 e. The van der Waals surface area contributed by atoms with Gasteiger partial charge in [0.2, 0.25) is 10.0 Å². The number of rotatable bonds is 5. The minimum atomic E-state index is -3.06. The van der Waals surface area contributed by atoms with E-state index in [9.17, 15) is 8.42 Å². The Kier molecular flexibility index (Phi) is 4.69. The fourth-order valence-corrected chi connectivity index (χ4v) is 4.15. The van der Waals surface area contributed by atoms with Gasteiger partial charge in [0.1, 0.15) is 5.82 Å². The molecule has 1 saturated heterocycles. The van der Waals surface area contributed by atoms with E-state index in [1.165, 1.54) is 4.31 Å². The molecule has 3 rings (SSSR count). The SMILES string of the molecule is CCS(=O)(=O)N1CC(CNc2ccc3ccc(Cl)c(Cl)c3n2)C1. The van der Waals surface area contributed by atoms with Crippen molar-refractivity contribution in [2.45, 2.75) is 6.92 Å². The van der Waals surface area contributed by atoms with Gasteiger partial charge in [0.05, 0.1) is 21.3 Å². The number of fused-ring (bicyclic) bond motifs is 1. The fourth-order valence-electron chi connectivity index (χ4n) is 2.54. The number of pyridine rings is 1. The average molecular weight is 374 g/mol. The third kappa shape index (κ3) is 3.40. The maximum atomic E-state index is 11.7. The van der Waals surface area contributed by atoms with Gasteiger partial charge in [-0.3, -0.25) is 0 Å². The van der Waals surface area contributed by atoms with Gasteiger partial charge in [-0.05, 0) is 25.1 Å². The summed E-state index contributed by atoms with van der Waals surface area (Å²) < 4.78 is 24.9. The van der Waals surface area contributed by atoms with Crippen LogP contribution in [0.15, 0.2) is 24.3 Å². The van der Waals surface area contributed by atoms with Gasteiger partial charge in [0.15, 0.2) is 0 Å². The van der Waals surface area contributed by atoms with Gasteiger partial charge in [-0.2, -0.15) is 0 Å².